The van der Waals surface area contributed by atoms with E-state index in [1.807, 2.05) is 0 Å². The van der Waals surface area contributed by atoms with Crippen LogP contribution in [-0.4, -0.2) is 54.7 Å². The van der Waals surface area contributed by atoms with E-state index in [0.29, 0.717) is 5.69 Å². The van der Waals surface area contributed by atoms with Gasteiger partial charge in [0.15, 0.2) is 5.82 Å². The molecule has 1 aromatic carbocycles. The molecule has 0 unspecified atom stereocenters. The lowest BCUT2D eigenvalue weighted by Gasteiger charge is -2.05. The first kappa shape index (κ1) is 23.5. The highest BCUT2D eigenvalue weighted by molar-refractivity contribution is 9.10. The third-order valence-corrected chi connectivity index (χ3v) is 5.21. The van der Waals surface area contributed by atoms with Gasteiger partial charge in [-0.3, -0.25) is 19.7 Å². The number of hydrogen-bond donors (Lipinski definition) is 2. The Morgan fingerprint density at radius 2 is 1.73 bits per heavy atom. The van der Waals surface area contributed by atoms with Gasteiger partial charge in [-0.2, -0.15) is 9.67 Å². The van der Waals surface area contributed by atoms with Gasteiger partial charge in [-0.05, 0) is 39.9 Å². The van der Waals surface area contributed by atoms with Crippen molar-refractivity contribution in [2.45, 2.75) is 13.5 Å². The maximum absolute atomic E-state index is 12.1. The summed E-state index contributed by atoms with van der Waals surface area (Å²) >= 11 is 3.10. The Bertz CT molecular complexity index is 1220. The smallest absolute Gasteiger partial charge is 0.358 e. The van der Waals surface area contributed by atoms with Crippen molar-refractivity contribution in [3.05, 3.63) is 71.9 Å². The van der Waals surface area contributed by atoms with Gasteiger partial charge in [-0.15, -0.1) is 0 Å². The number of carbonyl (C=O) groups is 2. The predicted octanol–water partition coefficient (Wildman–Crippen LogP) is 1.36. The number of non-ortho nitro benzene ring substituents is 1. The second-order valence-electron chi connectivity index (χ2n) is 6.47. The molecule has 0 fully saturated rings. The van der Waals surface area contributed by atoms with Crippen molar-refractivity contribution >= 4 is 39.2 Å². The molecule has 0 radical (unpaired) electrons. The van der Waals surface area contributed by atoms with E-state index in [-0.39, 0.29) is 52.9 Å². The Morgan fingerprint density at radius 1 is 1.09 bits per heavy atom. The summed E-state index contributed by atoms with van der Waals surface area (Å²) in [7, 11) is 0. The van der Waals surface area contributed by atoms with Crippen LogP contribution in [0.5, 0.6) is 0 Å². The Kier molecular flexibility index (Phi) is 7.07. The molecule has 3 aromatic rings. The molecule has 0 spiro atoms. The molecule has 0 saturated heterocycles. The average Bonchev–Trinajstić information content (AvgIpc) is 3.37. The normalized spacial score (nSPS) is 10.6. The summed E-state index contributed by atoms with van der Waals surface area (Å²) in [6, 6.07) is 5.07. The van der Waals surface area contributed by atoms with Crippen LogP contribution in [0.25, 0.3) is 0 Å². The summed E-state index contributed by atoms with van der Waals surface area (Å²) in [4.78, 5) is 48.5. The van der Waals surface area contributed by atoms with Crippen LogP contribution in [0, 0.1) is 27.2 Å². The van der Waals surface area contributed by atoms with Crippen molar-refractivity contribution in [1.82, 2.24) is 30.6 Å². The van der Waals surface area contributed by atoms with E-state index in [1.165, 1.54) is 28.9 Å². The molecule has 3 rings (SSSR count). The molecule has 15 nitrogen and oxygen atoms in total. The van der Waals surface area contributed by atoms with Gasteiger partial charge in [0.05, 0.1) is 15.7 Å². The second-order valence-corrected chi connectivity index (χ2v) is 7.26. The van der Waals surface area contributed by atoms with Gasteiger partial charge in [-0.25, -0.2) is 0 Å². The van der Waals surface area contributed by atoms with E-state index in [0.717, 1.165) is 0 Å². The van der Waals surface area contributed by atoms with Gasteiger partial charge in [0.2, 0.25) is 0 Å². The van der Waals surface area contributed by atoms with Gasteiger partial charge >= 0.3 is 17.6 Å². The molecule has 2 N–H and O–H groups in total. The average molecular weight is 523 g/mol. The maximum Gasteiger partial charge on any atom is 0.404 e. The molecule has 0 saturated carbocycles. The second kappa shape index (κ2) is 9.94. The molecule has 2 amide bonds. The van der Waals surface area contributed by atoms with Crippen LogP contribution in [-0.2, 0) is 6.54 Å². The third-order valence-electron chi connectivity index (χ3n) is 4.28. The SMILES string of the molecule is Cc1c(Br)c([N+](=O)[O-])nn1Cc1noc(C(=O)NCCNC(=O)c2ccc([N+](=O)[O-])cc2)n1. The van der Waals surface area contributed by atoms with Crippen molar-refractivity contribution in [1.29, 1.82) is 0 Å². The van der Waals surface area contributed by atoms with Gasteiger partial charge in [-0.1, -0.05) is 5.16 Å². The summed E-state index contributed by atoms with van der Waals surface area (Å²) in [5, 5.41) is 34.2. The van der Waals surface area contributed by atoms with Gasteiger partial charge in [0, 0.05) is 30.8 Å². The zero-order valence-corrected chi connectivity index (χ0v) is 18.4. The van der Waals surface area contributed by atoms with E-state index in [9.17, 15) is 29.8 Å². The van der Waals surface area contributed by atoms with Crippen LogP contribution in [0.4, 0.5) is 11.5 Å². The van der Waals surface area contributed by atoms with Crippen molar-refractivity contribution in [2.24, 2.45) is 0 Å². The number of hydrogen-bond acceptors (Lipinski definition) is 10. The number of aromatic nitrogens is 4. The number of rotatable bonds is 9. The predicted molar refractivity (Wildman–Crippen MR) is 112 cm³/mol. The summed E-state index contributed by atoms with van der Waals surface area (Å²) in [6.45, 7) is 1.68. The standard InChI is InChI=1S/C17H15BrN8O7/c1-9-13(18)14(26(31)32)22-24(9)8-12-21-17(33-23-12)16(28)20-7-6-19-15(27)10-2-4-11(5-3-10)25(29)30/h2-5H,6-8H2,1H3,(H,19,27)(H,20,28). The van der Waals surface area contributed by atoms with Crippen LogP contribution in [0.2, 0.25) is 0 Å². The Morgan fingerprint density at radius 3 is 2.30 bits per heavy atom. The summed E-state index contributed by atoms with van der Waals surface area (Å²) < 4.78 is 6.42. The number of nitro groups is 2. The first-order chi connectivity index (χ1) is 15.7. The zero-order valence-electron chi connectivity index (χ0n) is 16.8. The van der Waals surface area contributed by atoms with Crippen molar-refractivity contribution in [3.8, 4) is 0 Å². The largest absolute Gasteiger partial charge is 0.404 e. The van der Waals surface area contributed by atoms with Gasteiger partial charge in [0.1, 0.15) is 11.0 Å². The molecule has 0 aliphatic carbocycles. The molecule has 2 aromatic heterocycles. The third kappa shape index (κ3) is 5.53. The Labute approximate surface area is 192 Å². The van der Waals surface area contributed by atoms with Crippen LogP contribution >= 0.6 is 15.9 Å². The summed E-state index contributed by atoms with van der Waals surface area (Å²) in [5.41, 5.74) is 0.571. The van der Waals surface area contributed by atoms with E-state index >= 15 is 0 Å². The van der Waals surface area contributed by atoms with Crippen LogP contribution in [0.3, 0.4) is 0 Å². The highest BCUT2D eigenvalue weighted by Gasteiger charge is 2.25. The van der Waals surface area contributed by atoms with E-state index in [2.05, 4.69) is 41.8 Å². The number of halogens is 1. The number of nitrogens with zero attached hydrogens (tertiary/aromatic N) is 6. The van der Waals surface area contributed by atoms with Gasteiger partial charge in [0.25, 0.3) is 11.6 Å². The van der Waals surface area contributed by atoms with Crippen LogP contribution in [0.15, 0.2) is 33.3 Å². The summed E-state index contributed by atoms with van der Waals surface area (Å²) in [6.07, 6.45) is 0. The molecular weight excluding hydrogens is 508 g/mol. The topological polar surface area (TPSA) is 201 Å². The Balaban J connectivity index is 1.49. The molecule has 0 bridgehead atoms. The number of benzene rings is 1. The number of nitro benzene ring substituents is 1. The zero-order chi connectivity index (χ0) is 24.1. The minimum Gasteiger partial charge on any atom is -0.358 e. The van der Waals surface area contributed by atoms with Crippen LogP contribution < -0.4 is 10.6 Å². The van der Waals surface area contributed by atoms with E-state index in [4.69, 9.17) is 4.52 Å². The van der Waals surface area contributed by atoms with Crippen molar-refractivity contribution in [3.63, 3.8) is 0 Å². The van der Waals surface area contributed by atoms with Crippen LogP contribution in [0.1, 0.15) is 32.6 Å². The highest BCUT2D eigenvalue weighted by atomic mass is 79.9. The highest BCUT2D eigenvalue weighted by Crippen LogP contribution is 2.27. The minimum absolute atomic E-state index is 0.0483. The van der Waals surface area contributed by atoms with Gasteiger partial charge < -0.3 is 25.3 Å². The molecule has 16 heteroatoms. The lowest BCUT2D eigenvalue weighted by Crippen LogP contribution is -2.34. The monoisotopic (exact) mass is 522 g/mol. The van der Waals surface area contributed by atoms with E-state index in [1.54, 1.807) is 6.92 Å². The van der Waals surface area contributed by atoms with Crippen molar-refractivity contribution < 1.29 is 24.0 Å². The fraction of sp³-hybridized carbons (Fsp3) is 0.235. The molecular formula is C17H15BrN8O7. The molecule has 172 valence electrons. The fourth-order valence-corrected chi connectivity index (χ4v) is 3.02. The lowest BCUT2D eigenvalue weighted by molar-refractivity contribution is -0.390. The fourth-order valence-electron chi connectivity index (χ4n) is 2.59. The Hall–Kier alpha value is -4.21. The summed E-state index contributed by atoms with van der Waals surface area (Å²) in [5.74, 6) is -1.74. The molecule has 0 atom stereocenters. The quantitative estimate of drug-likeness (QED) is 0.234. The number of carbonyl (C=O) groups excluding carboxylic acids is 2. The van der Waals surface area contributed by atoms with E-state index < -0.39 is 21.7 Å². The first-order valence-electron chi connectivity index (χ1n) is 9.18. The van der Waals surface area contributed by atoms with Crippen molar-refractivity contribution in [2.75, 3.05) is 13.1 Å². The molecule has 0 aliphatic rings. The lowest BCUT2D eigenvalue weighted by atomic mass is 10.2. The molecule has 2 heterocycles. The maximum atomic E-state index is 12.1. The molecule has 0 aliphatic heterocycles. The molecule has 33 heavy (non-hydrogen) atoms. The number of amides is 2. The minimum atomic E-state index is -0.678. The first-order valence-corrected chi connectivity index (χ1v) is 9.97. The number of nitrogens with one attached hydrogen (secondary N) is 2.